The maximum Gasteiger partial charge on any atom is 0.265 e. The van der Waals surface area contributed by atoms with Crippen LogP contribution in [0.1, 0.15) is 12.5 Å². The minimum Gasteiger partial charge on any atom is -0.479 e. The number of nitrogens with one attached hydrogen (secondary N) is 1. The Morgan fingerprint density at radius 3 is 2.59 bits per heavy atom. The highest BCUT2D eigenvalue weighted by Crippen LogP contribution is 2.28. The van der Waals surface area contributed by atoms with Crippen LogP contribution in [0.3, 0.4) is 0 Å². The molecule has 116 valence electrons. The molecule has 0 saturated heterocycles. The SMILES string of the molecule is Cc1ccc(NC(=O)[C@@H](C)Oc2ccc(Cl)cc2Cl)c(F)c1. The molecular formula is C16H14Cl2FNO2. The molecule has 3 nitrogen and oxygen atoms in total. The van der Waals surface area contributed by atoms with Crippen molar-refractivity contribution in [1.82, 2.24) is 0 Å². The zero-order valence-corrected chi connectivity index (χ0v) is 13.5. The highest BCUT2D eigenvalue weighted by Gasteiger charge is 2.17. The first kappa shape index (κ1) is 16.6. The number of ether oxygens (including phenoxy) is 1. The second-order valence-corrected chi connectivity index (χ2v) is 5.65. The molecule has 22 heavy (non-hydrogen) atoms. The highest BCUT2D eigenvalue weighted by atomic mass is 35.5. The Bertz CT molecular complexity index is 707. The smallest absolute Gasteiger partial charge is 0.265 e. The topological polar surface area (TPSA) is 38.3 Å². The van der Waals surface area contributed by atoms with Gasteiger partial charge in [-0.3, -0.25) is 4.79 Å². The molecule has 6 heteroatoms. The molecule has 0 aromatic heterocycles. The number of benzene rings is 2. The summed E-state index contributed by atoms with van der Waals surface area (Å²) in [5, 5.41) is 3.25. The third-order valence-electron chi connectivity index (χ3n) is 2.95. The number of rotatable bonds is 4. The van der Waals surface area contributed by atoms with Crippen molar-refractivity contribution in [1.29, 1.82) is 0 Å². The van der Waals surface area contributed by atoms with E-state index in [0.717, 1.165) is 5.56 Å². The third kappa shape index (κ3) is 4.12. The Kier molecular flexibility index (Phi) is 5.27. The van der Waals surface area contributed by atoms with Gasteiger partial charge in [-0.05, 0) is 49.7 Å². The van der Waals surface area contributed by atoms with Gasteiger partial charge < -0.3 is 10.1 Å². The summed E-state index contributed by atoms with van der Waals surface area (Å²) in [4.78, 5) is 12.1. The molecule has 0 aliphatic heterocycles. The average molecular weight is 342 g/mol. The minimum absolute atomic E-state index is 0.105. The molecule has 1 atom stereocenters. The van der Waals surface area contributed by atoms with Gasteiger partial charge in [0.2, 0.25) is 0 Å². The van der Waals surface area contributed by atoms with Gasteiger partial charge in [0.05, 0.1) is 10.7 Å². The van der Waals surface area contributed by atoms with Gasteiger partial charge in [0, 0.05) is 5.02 Å². The van der Waals surface area contributed by atoms with Crippen molar-refractivity contribution in [2.45, 2.75) is 20.0 Å². The number of halogens is 3. The van der Waals surface area contributed by atoms with Crippen molar-refractivity contribution in [2.24, 2.45) is 0 Å². The molecular weight excluding hydrogens is 328 g/mol. The number of carbonyl (C=O) groups is 1. The van der Waals surface area contributed by atoms with Crippen LogP contribution >= 0.6 is 23.2 Å². The monoisotopic (exact) mass is 341 g/mol. The summed E-state index contributed by atoms with van der Waals surface area (Å²) >= 11 is 11.8. The lowest BCUT2D eigenvalue weighted by molar-refractivity contribution is -0.122. The van der Waals surface area contributed by atoms with Crippen LogP contribution in [0.4, 0.5) is 10.1 Å². The molecule has 0 heterocycles. The van der Waals surface area contributed by atoms with Crippen LogP contribution in [-0.2, 0) is 4.79 Å². The standard InChI is InChI=1S/C16H14Cl2FNO2/c1-9-3-5-14(13(19)7-9)20-16(21)10(2)22-15-6-4-11(17)8-12(15)18/h3-8,10H,1-2H3,(H,20,21)/t10-/m1/s1. The van der Waals surface area contributed by atoms with Gasteiger partial charge in [0.1, 0.15) is 11.6 Å². The lowest BCUT2D eigenvalue weighted by Gasteiger charge is -2.16. The Labute approximate surface area is 138 Å². The van der Waals surface area contributed by atoms with Crippen LogP contribution in [0.15, 0.2) is 36.4 Å². The summed E-state index contributed by atoms with van der Waals surface area (Å²) in [7, 11) is 0. The molecule has 1 amide bonds. The van der Waals surface area contributed by atoms with E-state index in [4.69, 9.17) is 27.9 Å². The molecule has 2 rings (SSSR count). The summed E-state index contributed by atoms with van der Waals surface area (Å²) in [6.07, 6.45) is -0.848. The van der Waals surface area contributed by atoms with Crippen LogP contribution in [0.2, 0.25) is 10.0 Å². The van der Waals surface area contributed by atoms with Crippen molar-refractivity contribution in [3.05, 3.63) is 57.8 Å². The van der Waals surface area contributed by atoms with Gasteiger partial charge in [-0.15, -0.1) is 0 Å². The Morgan fingerprint density at radius 1 is 1.23 bits per heavy atom. The van der Waals surface area contributed by atoms with Crippen LogP contribution in [0.5, 0.6) is 5.75 Å². The van der Waals surface area contributed by atoms with Crippen LogP contribution < -0.4 is 10.1 Å². The second-order valence-electron chi connectivity index (χ2n) is 4.81. The van der Waals surface area contributed by atoms with Crippen molar-refractivity contribution >= 4 is 34.8 Å². The number of hydrogen-bond acceptors (Lipinski definition) is 2. The Hall–Kier alpha value is -1.78. The fourth-order valence-corrected chi connectivity index (χ4v) is 2.22. The first-order chi connectivity index (χ1) is 10.4. The zero-order valence-electron chi connectivity index (χ0n) is 12.0. The number of amides is 1. The van der Waals surface area contributed by atoms with Gasteiger partial charge in [-0.1, -0.05) is 29.3 Å². The van der Waals surface area contributed by atoms with E-state index in [0.29, 0.717) is 15.8 Å². The Morgan fingerprint density at radius 2 is 1.95 bits per heavy atom. The van der Waals surface area contributed by atoms with Crippen LogP contribution in [0.25, 0.3) is 0 Å². The second kappa shape index (κ2) is 6.99. The number of carbonyl (C=O) groups excluding carboxylic acids is 1. The molecule has 0 radical (unpaired) electrons. The highest BCUT2D eigenvalue weighted by molar-refractivity contribution is 6.35. The minimum atomic E-state index is -0.848. The van der Waals surface area contributed by atoms with E-state index in [1.54, 1.807) is 32.0 Å². The van der Waals surface area contributed by atoms with Crippen molar-refractivity contribution < 1.29 is 13.9 Å². The zero-order chi connectivity index (χ0) is 16.3. The normalized spacial score (nSPS) is 11.9. The lowest BCUT2D eigenvalue weighted by atomic mass is 10.2. The Balaban J connectivity index is 2.05. The molecule has 0 unspecified atom stereocenters. The summed E-state index contributed by atoms with van der Waals surface area (Å²) in [5.41, 5.74) is 0.876. The largest absolute Gasteiger partial charge is 0.479 e. The number of anilines is 1. The maximum absolute atomic E-state index is 13.7. The average Bonchev–Trinajstić information content (AvgIpc) is 2.44. The van der Waals surface area contributed by atoms with Gasteiger partial charge in [-0.2, -0.15) is 0 Å². The molecule has 0 saturated carbocycles. The molecule has 2 aromatic rings. The fourth-order valence-electron chi connectivity index (χ4n) is 1.77. The molecule has 0 aliphatic carbocycles. The molecule has 1 N–H and O–H groups in total. The maximum atomic E-state index is 13.7. The van der Waals surface area contributed by atoms with E-state index in [1.807, 2.05) is 0 Å². The van der Waals surface area contributed by atoms with E-state index in [-0.39, 0.29) is 5.69 Å². The van der Waals surface area contributed by atoms with Crippen molar-refractivity contribution in [3.63, 3.8) is 0 Å². The fraction of sp³-hybridized carbons (Fsp3) is 0.188. The van der Waals surface area contributed by atoms with Crippen molar-refractivity contribution in [3.8, 4) is 5.75 Å². The van der Waals surface area contributed by atoms with E-state index < -0.39 is 17.8 Å². The number of aryl methyl sites for hydroxylation is 1. The summed E-state index contributed by atoms with van der Waals surface area (Å²) in [6.45, 7) is 3.31. The first-order valence-electron chi connectivity index (χ1n) is 6.55. The predicted octanol–water partition coefficient (Wildman–Crippen LogP) is 4.85. The molecule has 0 spiro atoms. The van der Waals surface area contributed by atoms with E-state index in [1.165, 1.54) is 18.2 Å². The lowest BCUT2D eigenvalue weighted by Crippen LogP contribution is -2.30. The van der Waals surface area contributed by atoms with Crippen LogP contribution in [-0.4, -0.2) is 12.0 Å². The van der Waals surface area contributed by atoms with Gasteiger partial charge in [0.25, 0.3) is 5.91 Å². The quantitative estimate of drug-likeness (QED) is 0.863. The van der Waals surface area contributed by atoms with E-state index in [9.17, 15) is 9.18 Å². The third-order valence-corrected chi connectivity index (χ3v) is 3.48. The van der Waals surface area contributed by atoms with E-state index >= 15 is 0 Å². The predicted molar refractivity (Wildman–Crippen MR) is 86.3 cm³/mol. The van der Waals surface area contributed by atoms with Gasteiger partial charge >= 0.3 is 0 Å². The number of hydrogen-bond donors (Lipinski definition) is 1. The summed E-state index contributed by atoms with van der Waals surface area (Å²) in [6, 6.07) is 9.25. The molecule has 0 bridgehead atoms. The molecule has 0 aliphatic rings. The molecule has 2 aromatic carbocycles. The van der Waals surface area contributed by atoms with Gasteiger partial charge in [0.15, 0.2) is 6.10 Å². The van der Waals surface area contributed by atoms with Gasteiger partial charge in [-0.25, -0.2) is 4.39 Å². The summed E-state index contributed by atoms with van der Waals surface area (Å²) in [5.74, 6) is -0.642. The van der Waals surface area contributed by atoms with Crippen molar-refractivity contribution in [2.75, 3.05) is 5.32 Å². The summed E-state index contributed by atoms with van der Waals surface area (Å²) < 4.78 is 19.2. The molecule has 0 fully saturated rings. The first-order valence-corrected chi connectivity index (χ1v) is 7.31. The van der Waals surface area contributed by atoms with E-state index in [2.05, 4.69) is 5.32 Å². The van der Waals surface area contributed by atoms with Crippen LogP contribution in [0, 0.1) is 12.7 Å².